The summed E-state index contributed by atoms with van der Waals surface area (Å²) in [4.78, 5) is 24.0. The van der Waals surface area contributed by atoms with Crippen molar-refractivity contribution >= 4 is 33.9 Å². The maximum Gasteiger partial charge on any atom is 0.352 e. The number of carbonyl (C=O) groups is 2. The van der Waals surface area contributed by atoms with Gasteiger partial charge in [0, 0.05) is 6.42 Å². The average molecular weight is 472 g/mol. The molecular formula is C24H26BrNO4. The molecule has 0 aromatic heterocycles. The Hall–Kier alpha value is -2.60. The molecule has 0 unspecified atom stereocenters. The number of rotatable bonds is 7. The Morgan fingerprint density at radius 1 is 1.10 bits per heavy atom. The Labute approximate surface area is 185 Å². The van der Waals surface area contributed by atoms with Gasteiger partial charge in [0.25, 0.3) is 0 Å². The zero-order valence-electron chi connectivity index (χ0n) is 16.9. The molecule has 0 saturated heterocycles. The van der Waals surface area contributed by atoms with Crippen LogP contribution < -0.4 is 10.1 Å². The number of para-hydroxylation sites is 1. The number of benzene rings is 2. The molecule has 0 atom stereocenters. The molecule has 30 heavy (non-hydrogen) atoms. The van der Waals surface area contributed by atoms with Crippen LogP contribution in [0.2, 0.25) is 0 Å². The van der Waals surface area contributed by atoms with Crippen LogP contribution in [0.15, 0.2) is 58.7 Å². The molecule has 0 bridgehead atoms. The maximum atomic E-state index is 12.3. The Bertz CT molecular complexity index is 915. The van der Waals surface area contributed by atoms with Gasteiger partial charge >= 0.3 is 5.97 Å². The molecule has 1 saturated carbocycles. The fourth-order valence-corrected chi connectivity index (χ4v) is 3.97. The van der Waals surface area contributed by atoms with Crippen LogP contribution in [0, 0.1) is 11.8 Å². The van der Waals surface area contributed by atoms with Crippen molar-refractivity contribution in [3.8, 4) is 11.5 Å². The van der Waals surface area contributed by atoms with Gasteiger partial charge in [-0.15, -0.1) is 0 Å². The van der Waals surface area contributed by atoms with E-state index >= 15 is 0 Å². The number of amides is 1. The number of carboxylic acid groups (broad SMARTS) is 1. The summed E-state index contributed by atoms with van der Waals surface area (Å²) >= 11 is 3.44. The lowest BCUT2D eigenvalue weighted by molar-refractivity contribution is -0.134. The van der Waals surface area contributed by atoms with Gasteiger partial charge < -0.3 is 15.2 Å². The molecule has 5 nitrogen and oxygen atoms in total. The fourth-order valence-electron chi connectivity index (χ4n) is 3.60. The van der Waals surface area contributed by atoms with Crippen molar-refractivity contribution in [2.45, 2.75) is 39.0 Å². The summed E-state index contributed by atoms with van der Waals surface area (Å²) in [6, 6.07) is 14.6. The Balaban J connectivity index is 1.62. The van der Waals surface area contributed by atoms with Crippen LogP contribution in [0.1, 0.15) is 44.6 Å². The smallest absolute Gasteiger partial charge is 0.352 e. The number of aliphatic carboxylic acids is 1. The van der Waals surface area contributed by atoms with E-state index in [4.69, 9.17) is 4.74 Å². The predicted octanol–water partition coefficient (Wildman–Crippen LogP) is 6.00. The van der Waals surface area contributed by atoms with Gasteiger partial charge in [-0.2, -0.15) is 0 Å². The van der Waals surface area contributed by atoms with Gasteiger partial charge in [0.05, 0.1) is 4.47 Å². The number of carbonyl (C=O) groups excluding carboxylic acids is 1. The molecule has 1 aliphatic carbocycles. The van der Waals surface area contributed by atoms with Crippen LogP contribution in [0.5, 0.6) is 11.5 Å². The summed E-state index contributed by atoms with van der Waals surface area (Å²) in [6.07, 6.45) is 6.15. The number of carboxylic acids is 1. The molecule has 2 aromatic rings. The second-order valence-corrected chi connectivity index (χ2v) is 8.70. The summed E-state index contributed by atoms with van der Waals surface area (Å²) in [5, 5.41) is 12.1. The number of nitrogens with one attached hydrogen (secondary N) is 1. The lowest BCUT2D eigenvalue weighted by Gasteiger charge is -2.25. The largest absolute Gasteiger partial charge is 0.477 e. The molecule has 0 radical (unpaired) electrons. The number of halogens is 1. The monoisotopic (exact) mass is 471 g/mol. The molecule has 2 aromatic carbocycles. The first-order valence-electron chi connectivity index (χ1n) is 10.2. The van der Waals surface area contributed by atoms with Crippen LogP contribution >= 0.6 is 15.9 Å². The van der Waals surface area contributed by atoms with Gasteiger partial charge in [-0.05, 0) is 76.5 Å². The second kappa shape index (κ2) is 10.4. The third-order valence-corrected chi connectivity index (χ3v) is 6.02. The average Bonchev–Trinajstić information content (AvgIpc) is 2.72. The third-order valence-electron chi connectivity index (χ3n) is 5.37. The van der Waals surface area contributed by atoms with Crippen molar-refractivity contribution in [2.75, 3.05) is 0 Å². The first-order chi connectivity index (χ1) is 14.4. The molecule has 0 spiro atoms. The van der Waals surface area contributed by atoms with E-state index in [0.29, 0.717) is 35.3 Å². The highest BCUT2D eigenvalue weighted by molar-refractivity contribution is 9.10. The third kappa shape index (κ3) is 6.46. The van der Waals surface area contributed by atoms with E-state index in [1.807, 2.05) is 24.3 Å². The van der Waals surface area contributed by atoms with Crippen LogP contribution in [0.25, 0.3) is 6.08 Å². The zero-order chi connectivity index (χ0) is 21.5. The van der Waals surface area contributed by atoms with Gasteiger partial charge in [-0.25, -0.2) is 4.79 Å². The summed E-state index contributed by atoms with van der Waals surface area (Å²) < 4.78 is 6.66. The molecule has 2 N–H and O–H groups in total. The Morgan fingerprint density at radius 3 is 2.40 bits per heavy atom. The molecule has 0 aliphatic heterocycles. The highest BCUT2D eigenvalue weighted by atomic mass is 79.9. The van der Waals surface area contributed by atoms with Crippen molar-refractivity contribution in [1.29, 1.82) is 0 Å². The number of hydrogen-bond acceptors (Lipinski definition) is 3. The van der Waals surface area contributed by atoms with Crippen molar-refractivity contribution < 1.29 is 19.4 Å². The summed E-state index contributed by atoms with van der Waals surface area (Å²) in [7, 11) is 0. The first-order valence-corrected chi connectivity index (χ1v) is 11.0. The molecule has 3 rings (SSSR count). The van der Waals surface area contributed by atoms with E-state index in [1.54, 1.807) is 24.3 Å². The van der Waals surface area contributed by atoms with E-state index in [-0.39, 0.29) is 11.6 Å². The standard InChI is InChI=1S/C24H26BrNO4/c1-16-6-8-18(9-7-16)15-23(27)26-21(24(28)29)14-17-10-12-19(13-11-17)30-22-5-3-2-4-20(22)25/h2-5,10-14,16,18H,6-9,15H2,1H3,(H,26,27)(H,28,29). The van der Waals surface area contributed by atoms with Crippen LogP contribution in [0.3, 0.4) is 0 Å². The molecule has 158 valence electrons. The summed E-state index contributed by atoms with van der Waals surface area (Å²) in [5.74, 6) is 0.979. The predicted molar refractivity (Wildman–Crippen MR) is 120 cm³/mol. The molecule has 6 heteroatoms. The second-order valence-electron chi connectivity index (χ2n) is 7.84. The molecule has 1 amide bonds. The van der Waals surface area contributed by atoms with Crippen molar-refractivity contribution in [3.05, 3.63) is 64.3 Å². The SMILES string of the molecule is CC1CCC(CC(=O)NC(=Cc2ccc(Oc3ccccc3Br)cc2)C(=O)O)CC1. The highest BCUT2D eigenvalue weighted by Crippen LogP contribution is 2.31. The van der Waals surface area contributed by atoms with Gasteiger partial charge in [0.1, 0.15) is 17.2 Å². The van der Waals surface area contributed by atoms with E-state index in [2.05, 4.69) is 28.2 Å². The number of hydrogen-bond donors (Lipinski definition) is 2. The van der Waals surface area contributed by atoms with Gasteiger partial charge in [0.15, 0.2) is 0 Å². The Morgan fingerprint density at radius 2 is 1.77 bits per heavy atom. The van der Waals surface area contributed by atoms with Crippen LogP contribution in [-0.4, -0.2) is 17.0 Å². The molecule has 1 aliphatic rings. The van der Waals surface area contributed by atoms with Crippen molar-refractivity contribution in [2.24, 2.45) is 11.8 Å². The Kier molecular flexibility index (Phi) is 7.69. The van der Waals surface area contributed by atoms with Crippen LogP contribution in [0.4, 0.5) is 0 Å². The topological polar surface area (TPSA) is 75.6 Å². The van der Waals surface area contributed by atoms with E-state index in [9.17, 15) is 14.7 Å². The quantitative estimate of drug-likeness (QED) is 0.485. The summed E-state index contributed by atoms with van der Waals surface area (Å²) in [6.45, 7) is 2.23. The molecular weight excluding hydrogens is 446 g/mol. The highest BCUT2D eigenvalue weighted by Gasteiger charge is 2.22. The van der Waals surface area contributed by atoms with E-state index < -0.39 is 5.97 Å². The van der Waals surface area contributed by atoms with Gasteiger partial charge in [0.2, 0.25) is 5.91 Å². The van der Waals surface area contributed by atoms with Crippen molar-refractivity contribution in [1.82, 2.24) is 5.32 Å². The minimum absolute atomic E-state index is 0.122. The molecule has 0 heterocycles. The number of ether oxygens (including phenoxy) is 1. The lowest BCUT2D eigenvalue weighted by Crippen LogP contribution is -2.29. The minimum Gasteiger partial charge on any atom is -0.477 e. The minimum atomic E-state index is -1.16. The van der Waals surface area contributed by atoms with Gasteiger partial charge in [-0.1, -0.05) is 44.0 Å². The van der Waals surface area contributed by atoms with E-state index in [0.717, 1.165) is 30.2 Å². The molecule has 1 fully saturated rings. The van der Waals surface area contributed by atoms with Gasteiger partial charge in [-0.3, -0.25) is 4.79 Å². The normalized spacial score (nSPS) is 19.2. The van der Waals surface area contributed by atoms with Crippen LogP contribution in [-0.2, 0) is 9.59 Å². The van der Waals surface area contributed by atoms with Crippen molar-refractivity contribution in [3.63, 3.8) is 0 Å². The summed E-state index contributed by atoms with van der Waals surface area (Å²) in [5.41, 5.74) is 0.544. The van der Waals surface area contributed by atoms with E-state index in [1.165, 1.54) is 6.08 Å². The lowest BCUT2D eigenvalue weighted by atomic mass is 9.81. The zero-order valence-corrected chi connectivity index (χ0v) is 18.5. The fraction of sp³-hybridized carbons (Fsp3) is 0.333. The first kappa shape index (κ1) is 22.1. The maximum absolute atomic E-state index is 12.3.